The van der Waals surface area contributed by atoms with Crippen molar-refractivity contribution in [3.05, 3.63) is 57.5 Å². The smallest absolute Gasteiger partial charge is 0.256 e. The van der Waals surface area contributed by atoms with Gasteiger partial charge in [-0.15, -0.1) is 0 Å². The lowest BCUT2D eigenvalue weighted by Crippen LogP contribution is -2.39. The van der Waals surface area contributed by atoms with E-state index in [-0.39, 0.29) is 6.04 Å². The maximum atomic E-state index is 14.3. The van der Waals surface area contributed by atoms with Gasteiger partial charge in [-0.25, -0.2) is 18.2 Å². The Kier molecular flexibility index (Phi) is 6.67. The van der Waals surface area contributed by atoms with Crippen molar-refractivity contribution >= 4 is 23.3 Å². The molecule has 0 radical (unpaired) electrons. The Labute approximate surface area is 172 Å². The number of nitrogens with zero attached hydrogens (tertiary/aromatic N) is 1. The largest absolute Gasteiger partial charge is 0.370 e. The molecule has 0 aliphatic heterocycles. The number of hydrogen-bond acceptors (Lipinski definition) is 3. The van der Waals surface area contributed by atoms with Crippen LogP contribution in [0, 0.1) is 37.2 Å². The van der Waals surface area contributed by atoms with Crippen LogP contribution in [-0.4, -0.2) is 23.5 Å². The van der Waals surface area contributed by atoms with E-state index in [4.69, 9.17) is 11.6 Å². The van der Waals surface area contributed by atoms with Crippen molar-refractivity contribution in [3.63, 3.8) is 0 Å². The maximum Gasteiger partial charge on any atom is 0.256 e. The molecule has 0 spiro atoms. The van der Waals surface area contributed by atoms with Crippen LogP contribution < -0.4 is 10.6 Å². The van der Waals surface area contributed by atoms with Crippen molar-refractivity contribution in [3.8, 4) is 0 Å². The van der Waals surface area contributed by atoms with Crippen molar-refractivity contribution < 1.29 is 18.0 Å². The highest BCUT2D eigenvalue weighted by molar-refractivity contribution is 6.34. The number of aryl methyl sites for hydroxylation is 1. The maximum absolute atomic E-state index is 14.3. The van der Waals surface area contributed by atoms with Gasteiger partial charge in [-0.3, -0.25) is 4.79 Å². The van der Waals surface area contributed by atoms with E-state index in [0.29, 0.717) is 18.8 Å². The minimum atomic E-state index is -1.41. The van der Waals surface area contributed by atoms with Crippen LogP contribution in [0.5, 0.6) is 0 Å². The highest BCUT2D eigenvalue weighted by atomic mass is 35.5. The molecule has 3 rings (SSSR count). The summed E-state index contributed by atoms with van der Waals surface area (Å²) in [6.07, 6.45) is 4.90. The van der Waals surface area contributed by atoms with Crippen molar-refractivity contribution in [2.75, 3.05) is 11.9 Å². The molecule has 8 heteroatoms. The summed E-state index contributed by atoms with van der Waals surface area (Å²) >= 11 is 5.69. The Bertz CT molecular complexity index is 885. The van der Waals surface area contributed by atoms with Gasteiger partial charge in [0.2, 0.25) is 0 Å². The molecule has 1 amide bonds. The average molecular weight is 426 g/mol. The van der Waals surface area contributed by atoms with Crippen LogP contribution in [0.1, 0.15) is 47.2 Å². The topological polar surface area (TPSA) is 54.0 Å². The SMILES string of the molecule is Cc1cccnc1NCC1CCC(NC(=O)c2c(F)c(C)c(F)c(F)c2Cl)CC1. The number of carbonyl (C=O) groups is 1. The van der Waals surface area contributed by atoms with Gasteiger partial charge in [-0.05, 0) is 57.1 Å². The van der Waals surface area contributed by atoms with E-state index < -0.39 is 39.5 Å². The first-order valence-corrected chi connectivity index (χ1v) is 9.96. The summed E-state index contributed by atoms with van der Waals surface area (Å²) in [6, 6.07) is 3.71. The lowest BCUT2D eigenvalue weighted by atomic mass is 9.86. The van der Waals surface area contributed by atoms with E-state index in [0.717, 1.165) is 37.7 Å². The normalized spacial score (nSPS) is 19.1. The van der Waals surface area contributed by atoms with Gasteiger partial charge in [-0.1, -0.05) is 17.7 Å². The zero-order valence-corrected chi connectivity index (χ0v) is 17.0. The zero-order chi connectivity index (χ0) is 21.1. The fourth-order valence-electron chi connectivity index (χ4n) is 3.63. The van der Waals surface area contributed by atoms with Gasteiger partial charge < -0.3 is 10.6 Å². The van der Waals surface area contributed by atoms with E-state index in [1.165, 1.54) is 0 Å². The molecular weight excluding hydrogens is 403 g/mol. The van der Waals surface area contributed by atoms with Crippen molar-refractivity contribution in [2.45, 2.75) is 45.6 Å². The molecular formula is C21H23ClF3N3O. The van der Waals surface area contributed by atoms with Crippen LogP contribution in [-0.2, 0) is 0 Å². The van der Waals surface area contributed by atoms with Gasteiger partial charge in [0.05, 0.1) is 10.6 Å². The van der Waals surface area contributed by atoms with Gasteiger partial charge >= 0.3 is 0 Å². The molecule has 1 saturated carbocycles. The number of benzene rings is 1. The van der Waals surface area contributed by atoms with Crippen LogP contribution in [0.15, 0.2) is 18.3 Å². The zero-order valence-electron chi connectivity index (χ0n) is 16.3. The summed E-state index contributed by atoms with van der Waals surface area (Å²) in [5.41, 5.74) is -0.122. The van der Waals surface area contributed by atoms with E-state index in [1.807, 2.05) is 19.1 Å². The Hall–Kier alpha value is -2.28. The molecule has 1 aromatic carbocycles. The van der Waals surface area contributed by atoms with E-state index in [9.17, 15) is 18.0 Å². The van der Waals surface area contributed by atoms with Crippen molar-refractivity contribution in [1.82, 2.24) is 10.3 Å². The van der Waals surface area contributed by atoms with Gasteiger partial charge in [-0.2, -0.15) is 0 Å². The third-order valence-corrected chi connectivity index (χ3v) is 5.81. The molecule has 4 nitrogen and oxygen atoms in total. The molecule has 2 aromatic rings. The molecule has 0 atom stereocenters. The number of pyridine rings is 1. The number of aromatic nitrogens is 1. The molecule has 2 N–H and O–H groups in total. The third kappa shape index (κ3) is 4.66. The molecule has 156 valence electrons. The monoisotopic (exact) mass is 425 g/mol. The van der Waals surface area contributed by atoms with Crippen molar-refractivity contribution in [1.29, 1.82) is 0 Å². The van der Waals surface area contributed by atoms with Crippen LogP contribution >= 0.6 is 11.6 Å². The predicted molar refractivity (Wildman–Crippen MR) is 107 cm³/mol. The molecule has 1 aliphatic rings. The van der Waals surface area contributed by atoms with Crippen LogP contribution in [0.2, 0.25) is 5.02 Å². The number of rotatable bonds is 5. The Morgan fingerprint density at radius 2 is 1.83 bits per heavy atom. The number of carbonyl (C=O) groups excluding carboxylic acids is 1. The van der Waals surface area contributed by atoms with Crippen LogP contribution in [0.4, 0.5) is 19.0 Å². The van der Waals surface area contributed by atoms with Gasteiger partial charge in [0, 0.05) is 24.3 Å². The van der Waals surface area contributed by atoms with Crippen LogP contribution in [0.3, 0.4) is 0 Å². The van der Waals surface area contributed by atoms with Crippen molar-refractivity contribution in [2.24, 2.45) is 5.92 Å². The van der Waals surface area contributed by atoms with Gasteiger partial charge in [0.1, 0.15) is 11.6 Å². The number of nitrogens with one attached hydrogen (secondary N) is 2. The first kappa shape index (κ1) is 21.4. The number of amides is 1. The fraction of sp³-hybridized carbons (Fsp3) is 0.429. The Morgan fingerprint density at radius 1 is 1.14 bits per heavy atom. The summed E-state index contributed by atoms with van der Waals surface area (Å²) in [4.78, 5) is 16.8. The van der Waals surface area contributed by atoms with Gasteiger partial charge in [0.15, 0.2) is 11.6 Å². The van der Waals surface area contributed by atoms with E-state index >= 15 is 0 Å². The lowest BCUT2D eigenvalue weighted by molar-refractivity contribution is 0.0918. The second kappa shape index (κ2) is 9.03. The van der Waals surface area contributed by atoms with Crippen LogP contribution in [0.25, 0.3) is 0 Å². The van der Waals surface area contributed by atoms with E-state index in [1.54, 1.807) is 6.20 Å². The third-order valence-electron chi connectivity index (χ3n) is 5.46. The molecule has 0 bridgehead atoms. The standard InChI is InChI=1S/C21H23ClF3N3O/c1-11-4-3-9-26-20(11)27-10-13-5-7-14(8-6-13)28-21(29)15-16(22)19(25)18(24)12(2)17(15)23/h3-4,9,13-14H,5-8,10H2,1-2H3,(H,26,27)(H,28,29). The summed E-state index contributed by atoms with van der Waals surface area (Å²) in [6.45, 7) is 3.84. The number of hydrogen-bond donors (Lipinski definition) is 2. The number of anilines is 1. The predicted octanol–water partition coefficient (Wildman–Crippen LogP) is 5.17. The van der Waals surface area contributed by atoms with E-state index in [2.05, 4.69) is 15.6 Å². The first-order chi connectivity index (χ1) is 13.8. The highest BCUT2D eigenvalue weighted by Gasteiger charge is 2.29. The number of halogens is 4. The Morgan fingerprint density at radius 3 is 2.48 bits per heavy atom. The molecule has 0 unspecified atom stereocenters. The second-order valence-corrected chi connectivity index (χ2v) is 7.87. The summed E-state index contributed by atoms with van der Waals surface area (Å²) in [7, 11) is 0. The first-order valence-electron chi connectivity index (χ1n) is 9.58. The summed E-state index contributed by atoms with van der Waals surface area (Å²) < 4.78 is 41.7. The lowest BCUT2D eigenvalue weighted by Gasteiger charge is -2.29. The fourth-order valence-corrected chi connectivity index (χ4v) is 3.88. The average Bonchev–Trinajstić information content (AvgIpc) is 2.71. The second-order valence-electron chi connectivity index (χ2n) is 7.50. The molecule has 1 fully saturated rings. The molecule has 29 heavy (non-hydrogen) atoms. The minimum absolute atomic E-state index is 0.167. The molecule has 1 aromatic heterocycles. The Balaban J connectivity index is 1.56. The minimum Gasteiger partial charge on any atom is -0.370 e. The molecule has 1 heterocycles. The molecule has 1 aliphatic carbocycles. The summed E-state index contributed by atoms with van der Waals surface area (Å²) in [5.74, 6) is -3.44. The highest BCUT2D eigenvalue weighted by Crippen LogP contribution is 2.30. The summed E-state index contributed by atoms with van der Waals surface area (Å²) in [5, 5.41) is 5.24. The van der Waals surface area contributed by atoms with Gasteiger partial charge in [0.25, 0.3) is 5.91 Å². The quantitative estimate of drug-likeness (QED) is 0.513. The molecule has 0 saturated heterocycles.